The second kappa shape index (κ2) is 2.41. The van der Waals surface area contributed by atoms with E-state index in [0.29, 0.717) is 0 Å². The van der Waals surface area contributed by atoms with Crippen LogP contribution in [0.5, 0.6) is 0 Å². The Morgan fingerprint density at radius 3 is 2.47 bits per heavy atom. The van der Waals surface area contributed by atoms with Crippen LogP contribution < -0.4 is 0 Å². The molecule has 2 heterocycles. The molecular weight excluding hydrogens is 283 g/mol. The topological polar surface area (TPSA) is 46.7 Å². The molecule has 0 aromatic heterocycles. The van der Waals surface area contributed by atoms with E-state index in [1.54, 1.807) is 0 Å². The van der Waals surface area contributed by atoms with Gasteiger partial charge in [0.2, 0.25) is 0 Å². The first kappa shape index (κ1) is 11.3. The molecule has 2 bridgehead atoms. The molecule has 4 atom stereocenters. The zero-order chi connectivity index (χ0) is 12.5. The van der Waals surface area contributed by atoms with Gasteiger partial charge in [-0.3, -0.25) is 0 Å². The highest BCUT2D eigenvalue weighted by atomic mass is 35.5. The van der Waals surface area contributed by atoms with E-state index in [4.69, 9.17) is 27.9 Å². The molecular formula is C11H14Cl2O3S. The highest BCUT2D eigenvalue weighted by molar-refractivity contribution is 7.92. The van der Waals surface area contributed by atoms with Crippen molar-refractivity contribution in [3.63, 3.8) is 0 Å². The summed E-state index contributed by atoms with van der Waals surface area (Å²) in [6, 6.07) is 0. The Labute approximate surface area is 111 Å². The van der Waals surface area contributed by atoms with E-state index in [9.17, 15) is 8.42 Å². The van der Waals surface area contributed by atoms with Crippen LogP contribution in [0.4, 0.5) is 0 Å². The lowest BCUT2D eigenvalue weighted by molar-refractivity contribution is 0.0713. The van der Waals surface area contributed by atoms with Crippen molar-refractivity contribution in [3.8, 4) is 0 Å². The Morgan fingerprint density at radius 2 is 1.94 bits per heavy atom. The van der Waals surface area contributed by atoms with E-state index in [1.165, 1.54) is 0 Å². The molecule has 0 amide bonds. The molecule has 4 fully saturated rings. The Hall–Kier alpha value is 0.490. The predicted octanol–water partition coefficient (Wildman–Crippen LogP) is 2.12. The van der Waals surface area contributed by atoms with Crippen molar-refractivity contribution in [1.82, 2.24) is 0 Å². The minimum Gasteiger partial charge on any atom is -0.345 e. The largest absolute Gasteiger partial charge is 0.345 e. The van der Waals surface area contributed by atoms with Crippen molar-refractivity contribution >= 4 is 33.0 Å². The van der Waals surface area contributed by atoms with E-state index in [0.717, 1.165) is 12.8 Å². The first-order chi connectivity index (χ1) is 7.64. The van der Waals surface area contributed by atoms with E-state index in [2.05, 4.69) is 13.8 Å². The van der Waals surface area contributed by atoms with Crippen molar-refractivity contribution in [1.29, 1.82) is 0 Å². The van der Waals surface area contributed by atoms with Gasteiger partial charge in [0.1, 0.15) is 0 Å². The number of halogens is 2. The normalized spacial score (nSPS) is 58.8. The van der Waals surface area contributed by atoms with E-state index >= 15 is 0 Å². The highest BCUT2D eigenvalue weighted by Crippen LogP contribution is 2.86. The van der Waals surface area contributed by atoms with Crippen LogP contribution in [0.2, 0.25) is 0 Å². The third-order valence-corrected chi connectivity index (χ3v) is 9.01. The van der Waals surface area contributed by atoms with Crippen LogP contribution in [0.15, 0.2) is 0 Å². The summed E-state index contributed by atoms with van der Waals surface area (Å²) in [6.07, 6.45) is 1.76. The third kappa shape index (κ3) is 0.783. The first-order valence-corrected chi connectivity index (χ1v) is 8.38. The zero-order valence-electron chi connectivity index (χ0n) is 9.66. The summed E-state index contributed by atoms with van der Waals surface area (Å²) in [5.41, 5.74) is -2.13. The number of ether oxygens (including phenoxy) is 1. The van der Waals surface area contributed by atoms with Crippen LogP contribution in [0, 0.1) is 16.7 Å². The molecule has 0 unspecified atom stereocenters. The Balaban J connectivity index is 2.05. The number of hydrogen-bond acceptors (Lipinski definition) is 3. The van der Waals surface area contributed by atoms with Crippen LogP contribution in [0.3, 0.4) is 0 Å². The number of hydrogen-bond donors (Lipinski definition) is 0. The second-order valence-electron chi connectivity index (χ2n) is 6.51. The quantitative estimate of drug-likeness (QED) is 0.508. The molecule has 2 spiro atoms. The maximum absolute atomic E-state index is 12.1. The fourth-order valence-electron chi connectivity index (χ4n) is 5.10. The van der Waals surface area contributed by atoms with Crippen molar-refractivity contribution < 1.29 is 13.2 Å². The summed E-state index contributed by atoms with van der Waals surface area (Å²) in [7, 11) is -3.20. The predicted molar refractivity (Wildman–Crippen MR) is 64.8 cm³/mol. The molecule has 2 aliphatic carbocycles. The lowest BCUT2D eigenvalue weighted by atomic mass is 9.66. The minimum atomic E-state index is -3.20. The van der Waals surface area contributed by atoms with E-state index in [1.807, 2.05) is 0 Å². The highest BCUT2D eigenvalue weighted by Gasteiger charge is 2.96. The molecule has 4 aliphatic rings. The van der Waals surface area contributed by atoms with Gasteiger partial charge in [-0.1, -0.05) is 37.0 Å². The number of fused-ring (bicyclic) bond motifs is 1. The monoisotopic (exact) mass is 296 g/mol. The van der Waals surface area contributed by atoms with Crippen LogP contribution in [-0.2, 0) is 14.6 Å². The Morgan fingerprint density at radius 1 is 1.29 bits per heavy atom. The molecule has 0 N–H and O–H groups in total. The van der Waals surface area contributed by atoms with E-state index in [-0.39, 0.29) is 22.5 Å². The average Bonchev–Trinajstić information content (AvgIpc) is 2.78. The molecule has 0 radical (unpaired) electrons. The molecule has 0 aromatic carbocycles. The second-order valence-corrected chi connectivity index (χ2v) is 9.94. The van der Waals surface area contributed by atoms with Crippen LogP contribution in [0.25, 0.3) is 0 Å². The first-order valence-electron chi connectivity index (χ1n) is 5.91. The number of rotatable bonds is 0. The molecule has 2 aliphatic heterocycles. The summed E-state index contributed by atoms with van der Waals surface area (Å²) >= 11 is 13.1. The molecule has 6 heteroatoms. The third-order valence-electron chi connectivity index (χ3n) is 5.95. The lowest BCUT2D eigenvalue weighted by Crippen LogP contribution is -2.47. The molecule has 2 saturated heterocycles. The molecule has 17 heavy (non-hydrogen) atoms. The Kier molecular flexibility index (Phi) is 1.61. The van der Waals surface area contributed by atoms with Crippen LogP contribution in [0.1, 0.15) is 26.7 Å². The van der Waals surface area contributed by atoms with Gasteiger partial charge in [0, 0.05) is 11.3 Å². The van der Waals surface area contributed by atoms with Gasteiger partial charge in [-0.15, -0.1) is 0 Å². The summed E-state index contributed by atoms with van der Waals surface area (Å²) < 4.78 is 28.8. The van der Waals surface area contributed by atoms with Gasteiger partial charge < -0.3 is 4.74 Å². The summed E-state index contributed by atoms with van der Waals surface area (Å²) in [6.45, 7) is 4.19. The van der Waals surface area contributed by atoms with Crippen molar-refractivity contribution in [3.05, 3.63) is 0 Å². The number of sulfone groups is 1. The van der Waals surface area contributed by atoms with Gasteiger partial charge in [0.15, 0.2) is 25.2 Å². The molecule has 96 valence electrons. The van der Waals surface area contributed by atoms with Crippen molar-refractivity contribution in [2.75, 3.05) is 5.75 Å². The van der Waals surface area contributed by atoms with E-state index < -0.39 is 25.2 Å². The van der Waals surface area contributed by atoms with Gasteiger partial charge >= 0.3 is 0 Å². The van der Waals surface area contributed by atoms with Gasteiger partial charge in [-0.05, 0) is 18.3 Å². The van der Waals surface area contributed by atoms with Crippen LogP contribution >= 0.6 is 23.2 Å². The molecule has 3 nitrogen and oxygen atoms in total. The fraction of sp³-hybridized carbons (Fsp3) is 1.00. The summed E-state index contributed by atoms with van der Waals surface area (Å²) in [5, 5.41) is 0. The van der Waals surface area contributed by atoms with Gasteiger partial charge in [-0.25, -0.2) is 8.42 Å². The maximum Gasteiger partial charge on any atom is 0.192 e. The van der Waals surface area contributed by atoms with Gasteiger partial charge in [-0.2, -0.15) is 0 Å². The van der Waals surface area contributed by atoms with Crippen molar-refractivity contribution in [2.45, 2.75) is 42.1 Å². The smallest absolute Gasteiger partial charge is 0.192 e. The van der Waals surface area contributed by atoms with Gasteiger partial charge in [0.25, 0.3) is 0 Å². The standard InChI is InChI=1S/C11H14Cl2O3S/c1-8(2)6-3-4-9(8)5-17(14,15)7-10(9,16-7)11(6,12)13/h6-7H,3-5H2,1-2H3/t6-,7-,9-,10+/m0/s1. The Bertz CT molecular complexity index is 533. The zero-order valence-corrected chi connectivity index (χ0v) is 12.0. The molecule has 0 aromatic rings. The lowest BCUT2D eigenvalue weighted by Gasteiger charge is -2.38. The number of alkyl halides is 2. The SMILES string of the molecule is CC1(C)[C@@H]2CC[C@]13CS(=O)(=O)[C@@H]1O[C@]13C2(Cl)Cl. The summed E-state index contributed by atoms with van der Waals surface area (Å²) in [5.74, 6) is 0.314. The molecule has 2 saturated carbocycles. The molecule has 4 rings (SSSR count). The van der Waals surface area contributed by atoms with Crippen molar-refractivity contribution in [2.24, 2.45) is 16.7 Å². The average molecular weight is 297 g/mol. The van der Waals surface area contributed by atoms with Gasteiger partial charge in [0.05, 0.1) is 5.75 Å². The maximum atomic E-state index is 12.1. The minimum absolute atomic E-state index is 0.124. The number of epoxide rings is 1. The fourth-order valence-corrected chi connectivity index (χ4v) is 9.43. The summed E-state index contributed by atoms with van der Waals surface area (Å²) in [4.78, 5) is 0. The van der Waals surface area contributed by atoms with Crippen LogP contribution in [-0.4, -0.2) is 29.5 Å².